The van der Waals surface area contributed by atoms with Gasteiger partial charge in [-0.25, -0.2) is 9.97 Å². The number of aromatic nitrogens is 6. The van der Waals surface area contributed by atoms with Crippen molar-refractivity contribution in [2.45, 2.75) is 32.7 Å². The number of nitrogens with zero attached hydrogens (tertiary/aromatic N) is 5. The summed E-state index contributed by atoms with van der Waals surface area (Å²) in [5.41, 5.74) is 2.82. The average molecular weight is 367 g/mol. The Bertz CT molecular complexity index is 1040. The number of anilines is 1. The van der Waals surface area contributed by atoms with E-state index in [2.05, 4.69) is 52.8 Å². The van der Waals surface area contributed by atoms with Gasteiger partial charge >= 0.3 is 0 Å². The van der Waals surface area contributed by atoms with Crippen LogP contribution in [0.2, 0.25) is 0 Å². The maximum atomic E-state index is 4.77. The van der Waals surface area contributed by atoms with Gasteiger partial charge in [-0.05, 0) is 11.4 Å². The van der Waals surface area contributed by atoms with Gasteiger partial charge in [0, 0.05) is 24.6 Å². The zero-order chi connectivity index (χ0) is 18.3. The number of thiophene rings is 1. The molecular formula is C18H21N7S. The molecule has 0 spiro atoms. The lowest BCUT2D eigenvalue weighted by Gasteiger charge is -2.18. The third-order valence-electron chi connectivity index (χ3n) is 4.19. The van der Waals surface area contributed by atoms with Crippen LogP contribution in [0, 0.1) is 0 Å². The number of hydrogen-bond donors (Lipinski definition) is 2. The summed E-state index contributed by atoms with van der Waals surface area (Å²) in [4.78, 5) is 10.6. The molecule has 0 unspecified atom stereocenters. The van der Waals surface area contributed by atoms with E-state index in [4.69, 9.17) is 9.97 Å². The highest BCUT2D eigenvalue weighted by Crippen LogP contribution is 2.28. The number of hydrogen-bond acceptors (Lipinski definition) is 6. The highest BCUT2D eigenvalue weighted by molar-refractivity contribution is 7.13. The van der Waals surface area contributed by atoms with Crippen LogP contribution in [0.25, 0.3) is 21.6 Å². The zero-order valence-electron chi connectivity index (χ0n) is 15.2. The van der Waals surface area contributed by atoms with Crippen LogP contribution in [0.1, 0.15) is 32.2 Å². The summed E-state index contributed by atoms with van der Waals surface area (Å²) in [6.07, 6.45) is 3.66. The molecule has 0 fully saturated rings. The van der Waals surface area contributed by atoms with Gasteiger partial charge in [-0.15, -0.1) is 11.3 Å². The lowest BCUT2D eigenvalue weighted by atomic mass is 9.95. The molecule has 0 aromatic carbocycles. The Morgan fingerprint density at radius 1 is 1.23 bits per heavy atom. The van der Waals surface area contributed by atoms with Gasteiger partial charge in [-0.2, -0.15) is 10.2 Å². The molecule has 2 N–H and O–H groups in total. The summed E-state index contributed by atoms with van der Waals surface area (Å²) in [6.45, 7) is 6.95. The van der Waals surface area contributed by atoms with Crippen molar-refractivity contribution in [1.29, 1.82) is 0 Å². The van der Waals surface area contributed by atoms with Crippen molar-refractivity contribution in [1.82, 2.24) is 29.9 Å². The summed E-state index contributed by atoms with van der Waals surface area (Å²) in [5.74, 6) is 1.59. The molecule has 0 aliphatic carbocycles. The molecular weight excluding hydrogens is 346 g/mol. The van der Waals surface area contributed by atoms with Crippen LogP contribution < -0.4 is 5.32 Å². The molecule has 4 aromatic rings. The summed E-state index contributed by atoms with van der Waals surface area (Å²) in [7, 11) is 1.90. The van der Waals surface area contributed by atoms with Crippen molar-refractivity contribution >= 4 is 28.2 Å². The quantitative estimate of drug-likeness (QED) is 0.574. The van der Waals surface area contributed by atoms with Crippen LogP contribution in [-0.4, -0.2) is 29.9 Å². The minimum atomic E-state index is -0.146. The minimum Gasteiger partial charge on any atom is -0.365 e. The fourth-order valence-corrected chi connectivity index (χ4v) is 3.51. The second kappa shape index (κ2) is 6.21. The van der Waals surface area contributed by atoms with E-state index in [1.54, 1.807) is 22.2 Å². The van der Waals surface area contributed by atoms with Gasteiger partial charge in [-0.1, -0.05) is 26.8 Å². The van der Waals surface area contributed by atoms with E-state index in [0.717, 1.165) is 33.9 Å². The van der Waals surface area contributed by atoms with E-state index < -0.39 is 0 Å². The number of nitrogens with one attached hydrogen (secondary N) is 2. The normalized spacial score (nSPS) is 12.0. The molecule has 0 atom stereocenters. The number of rotatable bonds is 4. The van der Waals surface area contributed by atoms with Crippen LogP contribution in [0.15, 0.2) is 29.9 Å². The van der Waals surface area contributed by atoms with Crippen molar-refractivity contribution in [3.05, 3.63) is 41.3 Å². The second-order valence-corrected chi connectivity index (χ2v) is 8.20. The van der Waals surface area contributed by atoms with Gasteiger partial charge in [0.1, 0.15) is 11.6 Å². The molecule has 0 aliphatic rings. The summed E-state index contributed by atoms with van der Waals surface area (Å²) in [5, 5.41) is 18.1. The van der Waals surface area contributed by atoms with E-state index in [9.17, 15) is 0 Å². The summed E-state index contributed by atoms with van der Waals surface area (Å²) >= 11 is 1.69. The van der Waals surface area contributed by atoms with Gasteiger partial charge in [0.25, 0.3) is 0 Å². The average Bonchev–Trinajstić information content (AvgIpc) is 3.32. The molecule has 26 heavy (non-hydrogen) atoms. The van der Waals surface area contributed by atoms with E-state index in [-0.39, 0.29) is 5.41 Å². The Labute approximate surface area is 155 Å². The number of fused-ring (bicyclic) bond motifs is 1. The number of H-pyrrole nitrogens is 1. The molecule has 0 aliphatic heterocycles. The first-order valence-corrected chi connectivity index (χ1v) is 9.31. The van der Waals surface area contributed by atoms with Gasteiger partial charge < -0.3 is 5.32 Å². The van der Waals surface area contributed by atoms with E-state index in [1.807, 2.05) is 19.3 Å². The van der Waals surface area contributed by atoms with Gasteiger partial charge in [0.05, 0.1) is 28.4 Å². The van der Waals surface area contributed by atoms with Crippen molar-refractivity contribution in [2.75, 3.05) is 5.32 Å². The smallest absolute Gasteiger partial charge is 0.163 e. The Morgan fingerprint density at radius 3 is 2.81 bits per heavy atom. The summed E-state index contributed by atoms with van der Waals surface area (Å²) < 4.78 is 1.78. The Balaban J connectivity index is 1.69. The molecule has 0 amide bonds. The lowest BCUT2D eigenvalue weighted by molar-refractivity contribution is 0.547. The topological polar surface area (TPSA) is 84.3 Å². The van der Waals surface area contributed by atoms with Crippen LogP contribution in [-0.2, 0) is 19.0 Å². The third kappa shape index (κ3) is 2.96. The molecule has 7 nitrogen and oxygen atoms in total. The Morgan fingerprint density at radius 2 is 2.08 bits per heavy atom. The van der Waals surface area contributed by atoms with E-state index in [0.29, 0.717) is 6.54 Å². The van der Waals surface area contributed by atoms with Crippen LogP contribution in [0.5, 0.6) is 0 Å². The molecule has 8 heteroatoms. The maximum absolute atomic E-state index is 4.77. The predicted octanol–water partition coefficient (Wildman–Crippen LogP) is 3.72. The SMILES string of the molecule is Cn1ncc2c(NCc3cn[nH]c3-c3cccs3)nc(C(C)(C)C)nc21. The first-order chi connectivity index (χ1) is 12.4. The number of aryl methyl sites for hydroxylation is 1. The van der Waals surface area contributed by atoms with E-state index in [1.165, 1.54) is 4.88 Å². The standard InChI is InChI=1S/C18H21N7S/c1-18(2,3)17-22-15(12-10-21-25(4)16(12)23-17)19-8-11-9-20-24-14(11)13-6-5-7-26-13/h5-7,9-10H,8H2,1-4H3,(H,20,24)(H,19,22,23). The monoisotopic (exact) mass is 367 g/mol. The highest BCUT2D eigenvalue weighted by Gasteiger charge is 2.21. The van der Waals surface area contributed by atoms with Crippen LogP contribution in [0.4, 0.5) is 5.82 Å². The lowest BCUT2D eigenvalue weighted by Crippen LogP contribution is -2.18. The fourth-order valence-electron chi connectivity index (χ4n) is 2.75. The zero-order valence-corrected chi connectivity index (χ0v) is 16.1. The molecule has 0 radical (unpaired) electrons. The molecule has 4 rings (SSSR count). The molecule has 4 aromatic heterocycles. The molecule has 134 valence electrons. The van der Waals surface area contributed by atoms with Crippen molar-refractivity contribution in [3.63, 3.8) is 0 Å². The van der Waals surface area contributed by atoms with Crippen molar-refractivity contribution in [3.8, 4) is 10.6 Å². The highest BCUT2D eigenvalue weighted by atomic mass is 32.1. The van der Waals surface area contributed by atoms with E-state index >= 15 is 0 Å². The summed E-state index contributed by atoms with van der Waals surface area (Å²) in [6, 6.07) is 4.13. The predicted molar refractivity (Wildman–Crippen MR) is 104 cm³/mol. The maximum Gasteiger partial charge on any atom is 0.163 e. The Hall–Kier alpha value is -2.74. The van der Waals surface area contributed by atoms with Crippen molar-refractivity contribution < 1.29 is 0 Å². The number of aromatic amines is 1. The molecule has 0 saturated heterocycles. The third-order valence-corrected chi connectivity index (χ3v) is 5.08. The van der Waals surface area contributed by atoms with Crippen LogP contribution in [0.3, 0.4) is 0 Å². The first kappa shape index (κ1) is 16.7. The molecule has 0 bridgehead atoms. The first-order valence-electron chi connectivity index (χ1n) is 8.43. The van der Waals surface area contributed by atoms with Crippen molar-refractivity contribution in [2.24, 2.45) is 7.05 Å². The molecule has 4 heterocycles. The second-order valence-electron chi connectivity index (χ2n) is 7.25. The molecule has 0 saturated carbocycles. The Kier molecular flexibility index (Phi) is 3.99. The van der Waals surface area contributed by atoms with Crippen LogP contribution >= 0.6 is 11.3 Å². The fraction of sp³-hybridized carbons (Fsp3) is 0.333. The minimum absolute atomic E-state index is 0.146. The largest absolute Gasteiger partial charge is 0.365 e. The van der Waals surface area contributed by atoms with Gasteiger partial charge in [-0.3, -0.25) is 9.78 Å². The van der Waals surface area contributed by atoms with Gasteiger partial charge in [0.15, 0.2) is 5.65 Å². The van der Waals surface area contributed by atoms with Gasteiger partial charge in [0.2, 0.25) is 0 Å².